The maximum atomic E-state index is 12.1. The number of alkyl halides is 3. The standard InChI is InChI=1S/C14H25F3O2/c1-3-19-13(9-6-11(2)7-10-13)12(18)5-4-8-14(15,16)17/h11-12,18H,3-10H2,1-2H3. The minimum Gasteiger partial charge on any atom is -0.390 e. The highest BCUT2D eigenvalue weighted by molar-refractivity contribution is 4.92. The SMILES string of the molecule is CCOC1(C(O)CCCC(F)(F)F)CCC(C)CC1. The third kappa shape index (κ3) is 5.30. The average Bonchev–Trinajstić information content (AvgIpc) is 2.31. The van der Waals surface area contributed by atoms with E-state index in [1.54, 1.807) is 0 Å². The van der Waals surface area contributed by atoms with Crippen LogP contribution in [0, 0.1) is 5.92 Å². The first-order chi connectivity index (χ1) is 8.79. The van der Waals surface area contributed by atoms with Gasteiger partial charge in [0.15, 0.2) is 0 Å². The number of ether oxygens (including phenoxy) is 1. The van der Waals surface area contributed by atoms with E-state index in [1.165, 1.54) is 0 Å². The van der Waals surface area contributed by atoms with Crippen molar-refractivity contribution >= 4 is 0 Å². The molecule has 1 saturated carbocycles. The van der Waals surface area contributed by atoms with Crippen LogP contribution < -0.4 is 0 Å². The molecule has 1 aliphatic rings. The van der Waals surface area contributed by atoms with E-state index >= 15 is 0 Å². The maximum absolute atomic E-state index is 12.1. The molecule has 1 atom stereocenters. The van der Waals surface area contributed by atoms with Crippen molar-refractivity contribution in [3.8, 4) is 0 Å². The molecule has 2 nitrogen and oxygen atoms in total. The van der Waals surface area contributed by atoms with Crippen molar-refractivity contribution < 1.29 is 23.0 Å². The summed E-state index contributed by atoms with van der Waals surface area (Å²) in [6.45, 7) is 4.51. The van der Waals surface area contributed by atoms with Gasteiger partial charge in [0.2, 0.25) is 0 Å². The van der Waals surface area contributed by atoms with Crippen LogP contribution in [0.3, 0.4) is 0 Å². The fourth-order valence-electron chi connectivity index (χ4n) is 2.87. The number of halogens is 3. The van der Waals surface area contributed by atoms with Gasteiger partial charge >= 0.3 is 6.18 Å². The van der Waals surface area contributed by atoms with E-state index < -0.39 is 24.3 Å². The van der Waals surface area contributed by atoms with Crippen LogP contribution in [0.5, 0.6) is 0 Å². The Bertz CT molecular complexity index is 258. The molecule has 0 aromatic carbocycles. The second-order valence-electron chi connectivity index (χ2n) is 5.70. The summed E-state index contributed by atoms with van der Waals surface area (Å²) in [7, 11) is 0. The van der Waals surface area contributed by atoms with Crippen LogP contribution in [0.2, 0.25) is 0 Å². The molecule has 0 aromatic rings. The molecule has 0 bridgehead atoms. The summed E-state index contributed by atoms with van der Waals surface area (Å²) in [5.74, 6) is 0.607. The lowest BCUT2D eigenvalue weighted by molar-refractivity contribution is -0.155. The Kier molecular flexibility index (Phi) is 6.12. The highest BCUT2D eigenvalue weighted by Crippen LogP contribution is 2.39. The van der Waals surface area contributed by atoms with E-state index in [0.717, 1.165) is 25.7 Å². The van der Waals surface area contributed by atoms with Gasteiger partial charge in [-0.15, -0.1) is 0 Å². The number of hydrogen-bond acceptors (Lipinski definition) is 2. The molecular formula is C14H25F3O2. The summed E-state index contributed by atoms with van der Waals surface area (Å²) >= 11 is 0. The molecule has 1 fully saturated rings. The number of aliphatic hydroxyl groups excluding tert-OH is 1. The summed E-state index contributed by atoms with van der Waals surface area (Å²) in [4.78, 5) is 0. The molecule has 114 valence electrons. The second kappa shape index (κ2) is 6.93. The highest BCUT2D eigenvalue weighted by Gasteiger charge is 2.41. The van der Waals surface area contributed by atoms with E-state index in [1.807, 2.05) is 6.92 Å². The Labute approximate surface area is 113 Å². The highest BCUT2D eigenvalue weighted by atomic mass is 19.4. The van der Waals surface area contributed by atoms with E-state index in [4.69, 9.17) is 4.74 Å². The molecule has 1 N–H and O–H groups in total. The molecule has 0 aromatic heterocycles. The lowest BCUT2D eigenvalue weighted by Gasteiger charge is -2.42. The predicted octanol–water partition coefficient (Wildman–Crippen LogP) is 4.07. The zero-order chi connectivity index (χ0) is 14.5. The molecule has 0 spiro atoms. The Balaban J connectivity index is 2.51. The normalized spacial score (nSPS) is 30.3. The van der Waals surface area contributed by atoms with Crippen molar-refractivity contribution in [2.24, 2.45) is 5.92 Å². The van der Waals surface area contributed by atoms with Crippen LogP contribution in [0.1, 0.15) is 58.8 Å². The minimum absolute atomic E-state index is 0.0327. The smallest absolute Gasteiger partial charge is 0.389 e. The molecule has 0 radical (unpaired) electrons. The van der Waals surface area contributed by atoms with Gasteiger partial charge in [-0.1, -0.05) is 6.92 Å². The molecule has 0 heterocycles. The summed E-state index contributed by atoms with van der Waals surface area (Å²) < 4.78 is 42.1. The van der Waals surface area contributed by atoms with Crippen molar-refractivity contribution in [2.45, 2.75) is 76.7 Å². The third-order valence-electron chi connectivity index (χ3n) is 4.10. The molecule has 5 heteroatoms. The Morgan fingerprint density at radius 2 is 1.89 bits per heavy atom. The molecule has 1 aliphatic carbocycles. The van der Waals surface area contributed by atoms with Crippen LogP contribution in [0.4, 0.5) is 13.2 Å². The number of hydrogen-bond donors (Lipinski definition) is 1. The molecule has 0 amide bonds. The summed E-state index contributed by atoms with van der Waals surface area (Å²) in [6, 6.07) is 0. The Morgan fingerprint density at radius 3 is 2.37 bits per heavy atom. The average molecular weight is 282 g/mol. The van der Waals surface area contributed by atoms with E-state index in [0.29, 0.717) is 12.5 Å². The van der Waals surface area contributed by atoms with E-state index in [9.17, 15) is 18.3 Å². The first kappa shape index (κ1) is 16.8. The fourth-order valence-corrected chi connectivity index (χ4v) is 2.87. The molecule has 1 unspecified atom stereocenters. The zero-order valence-corrected chi connectivity index (χ0v) is 11.8. The first-order valence-corrected chi connectivity index (χ1v) is 7.18. The lowest BCUT2D eigenvalue weighted by atomic mass is 9.75. The maximum Gasteiger partial charge on any atom is 0.389 e. The van der Waals surface area contributed by atoms with E-state index in [2.05, 4.69) is 6.92 Å². The molecule has 19 heavy (non-hydrogen) atoms. The quantitative estimate of drug-likeness (QED) is 0.796. The largest absolute Gasteiger partial charge is 0.390 e. The summed E-state index contributed by atoms with van der Waals surface area (Å²) in [6.07, 6.45) is -2.20. The van der Waals surface area contributed by atoms with Gasteiger partial charge in [0, 0.05) is 13.0 Å². The van der Waals surface area contributed by atoms with Gasteiger partial charge in [-0.2, -0.15) is 13.2 Å². The van der Waals surface area contributed by atoms with Gasteiger partial charge in [0.25, 0.3) is 0 Å². The lowest BCUT2D eigenvalue weighted by Crippen LogP contribution is -2.47. The van der Waals surface area contributed by atoms with Gasteiger partial charge in [0.1, 0.15) is 0 Å². The van der Waals surface area contributed by atoms with Crippen molar-refractivity contribution in [3.05, 3.63) is 0 Å². The molecule has 0 saturated heterocycles. The van der Waals surface area contributed by atoms with Crippen molar-refractivity contribution in [3.63, 3.8) is 0 Å². The van der Waals surface area contributed by atoms with Crippen LogP contribution in [-0.4, -0.2) is 29.6 Å². The second-order valence-corrected chi connectivity index (χ2v) is 5.70. The van der Waals surface area contributed by atoms with Crippen molar-refractivity contribution in [2.75, 3.05) is 6.61 Å². The summed E-state index contributed by atoms with van der Waals surface area (Å²) in [5.41, 5.74) is -0.618. The van der Waals surface area contributed by atoms with Crippen LogP contribution in [0.15, 0.2) is 0 Å². The first-order valence-electron chi connectivity index (χ1n) is 7.18. The van der Waals surface area contributed by atoms with Crippen molar-refractivity contribution in [1.29, 1.82) is 0 Å². The van der Waals surface area contributed by atoms with Crippen LogP contribution in [-0.2, 0) is 4.74 Å². The zero-order valence-electron chi connectivity index (χ0n) is 11.8. The minimum atomic E-state index is -4.14. The van der Waals surface area contributed by atoms with Gasteiger partial charge in [-0.25, -0.2) is 0 Å². The van der Waals surface area contributed by atoms with Crippen LogP contribution in [0.25, 0.3) is 0 Å². The van der Waals surface area contributed by atoms with Crippen molar-refractivity contribution in [1.82, 2.24) is 0 Å². The predicted molar refractivity (Wildman–Crippen MR) is 67.9 cm³/mol. The Hall–Kier alpha value is -0.290. The molecule has 0 aliphatic heterocycles. The molecule has 1 rings (SSSR count). The van der Waals surface area contributed by atoms with Crippen LogP contribution >= 0.6 is 0 Å². The van der Waals surface area contributed by atoms with Gasteiger partial charge in [-0.3, -0.25) is 0 Å². The van der Waals surface area contributed by atoms with E-state index in [-0.39, 0.29) is 12.8 Å². The molecular weight excluding hydrogens is 257 g/mol. The topological polar surface area (TPSA) is 29.5 Å². The summed E-state index contributed by atoms with van der Waals surface area (Å²) in [5, 5.41) is 10.2. The monoisotopic (exact) mass is 282 g/mol. The Morgan fingerprint density at radius 1 is 1.32 bits per heavy atom. The fraction of sp³-hybridized carbons (Fsp3) is 1.00. The van der Waals surface area contributed by atoms with Gasteiger partial charge in [0.05, 0.1) is 11.7 Å². The van der Waals surface area contributed by atoms with Gasteiger partial charge < -0.3 is 9.84 Å². The number of aliphatic hydroxyl groups is 1. The van der Waals surface area contributed by atoms with Gasteiger partial charge in [-0.05, 0) is 51.4 Å². The number of rotatable bonds is 6. The third-order valence-corrected chi connectivity index (χ3v) is 4.10.